The van der Waals surface area contributed by atoms with Crippen molar-refractivity contribution in [1.29, 1.82) is 0 Å². The number of anilines is 1. The van der Waals surface area contributed by atoms with Crippen molar-refractivity contribution in [2.24, 2.45) is 0 Å². The Balaban J connectivity index is 1.91. The minimum absolute atomic E-state index is 0.128. The summed E-state index contributed by atoms with van der Waals surface area (Å²) in [5, 5.41) is 6.97. The first-order chi connectivity index (χ1) is 8.45. The Morgan fingerprint density at radius 2 is 2.35 bits per heavy atom. The summed E-state index contributed by atoms with van der Waals surface area (Å²) in [6, 6.07) is 2.09. The monoisotopic (exact) mass is 231 g/mol. The van der Waals surface area contributed by atoms with Gasteiger partial charge in [-0.1, -0.05) is 0 Å². The first kappa shape index (κ1) is 10.2. The molecule has 6 heteroatoms. The van der Waals surface area contributed by atoms with Crippen LogP contribution in [0.3, 0.4) is 0 Å². The van der Waals surface area contributed by atoms with E-state index in [9.17, 15) is 0 Å². The van der Waals surface area contributed by atoms with Crippen molar-refractivity contribution < 1.29 is 4.74 Å². The number of H-pyrrole nitrogens is 1. The summed E-state index contributed by atoms with van der Waals surface area (Å²) in [5.41, 5.74) is 1.04. The molecule has 3 heterocycles. The van der Waals surface area contributed by atoms with Crippen LogP contribution in [0.15, 0.2) is 30.9 Å². The number of morpholine rings is 1. The fraction of sp³-hybridized carbons (Fsp3) is 0.364. The molecule has 1 atom stereocenters. The van der Waals surface area contributed by atoms with Crippen LogP contribution < -0.4 is 4.90 Å². The molecule has 1 saturated heterocycles. The molecule has 0 saturated carbocycles. The zero-order chi connectivity index (χ0) is 11.5. The number of aromatic amines is 1. The van der Waals surface area contributed by atoms with Crippen LogP contribution in [0.5, 0.6) is 0 Å². The van der Waals surface area contributed by atoms with E-state index in [1.54, 1.807) is 24.8 Å². The predicted molar refractivity (Wildman–Crippen MR) is 61.5 cm³/mol. The van der Waals surface area contributed by atoms with Crippen molar-refractivity contribution in [2.75, 3.05) is 24.7 Å². The average molecular weight is 231 g/mol. The largest absolute Gasteiger partial charge is 0.377 e. The summed E-state index contributed by atoms with van der Waals surface area (Å²) >= 11 is 0. The lowest BCUT2D eigenvalue weighted by Crippen LogP contribution is -2.40. The third kappa shape index (κ3) is 1.99. The molecule has 0 bridgehead atoms. The van der Waals surface area contributed by atoms with Gasteiger partial charge in [0.2, 0.25) is 0 Å². The molecule has 2 aromatic heterocycles. The van der Waals surface area contributed by atoms with Gasteiger partial charge in [0.15, 0.2) is 0 Å². The van der Waals surface area contributed by atoms with Gasteiger partial charge >= 0.3 is 0 Å². The number of nitrogens with one attached hydrogen (secondary N) is 1. The third-order valence-electron chi connectivity index (χ3n) is 2.85. The van der Waals surface area contributed by atoms with E-state index in [0.29, 0.717) is 13.2 Å². The van der Waals surface area contributed by atoms with E-state index in [2.05, 4.69) is 25.1 Å². The SMILES string of the molecule is c1cnc(N2CCOC[C@@H]2c2ccn[nH]2)cn1. The third-order valence-corrected chi connectivity index (χ3v) is 2.85. The van der Waals surface area contributed by atoms with E-state index in [-0.39, 0.29) is 6.04 Å². The maximum Gasteiger partial charge on any atom is 0.147 e. The number of hydrogen-bond donors (Lipinski definition) is 1. The maximum absolute atomic E-state index is 5.52. The zero-order valence-electron chi connectivity index (χ0n) is 9.28. The lowest BCUT2D eigenvalue weighted by molar-refractivity contribution is 0.0925. The van der Waals surface area contributed by atoms with Crippen LogP contribution in [0.25, 0.3) is 0 Å². The van der Waals surface area contributed by atoms with Crippen molar-refractivity contribution in [2.45, 2.75) is 6.04 Å². The van der Waals surface area contributed by atoms with Gasteiger partial charge in [-0.05, 0) is 6.07 Å². The van der Waals surface area contributed by atoms with Gasteiger partial charge < -0.3 is 9.64 Å². The fourth-order valence-corrected chi connectivity index (χ4v) is 2.03. The molecule has 0 unspecified atom stereocenters. The molecule has 2 aromatic rings. The summed E-state index contributed by atoms with van der Waals surface area (Å²) in [5.74, 6) is 0.871. The van der Waals surface area contributed by atoms with E-state index >= 15 is 0 Å². The summed E-state index contributed by atoms with van der Waals surface area (Å²) < 4.78 is 5.52. The van der Waals surface area contributed by atoms with Crippen molar-refractivity contribution in [3.8, 4) is 0 Å². The van der Waals surface area contributed by atoms with Gasteiger partial charge in [-0.2, -0.15) is 5.10 Å². The molecule has 0 aromatic carbocycles. The van der Waals surface area contributed by atoms with E-state index in [0.717, 1.165) is 18.1 Å². The minimum Gasteiger partial charge on any atom is -0.377 e. The highest BCUT2D eigenvalue weighted by atomic mass is 16.5. The molecule has 1 aliphatic rings. The summed E-state index contributed by atoms with van der Waals surface area (Å²) in [7, 11) is 0. The van der Waals surface area contributed by atoms with Gasteiger partial charge in [-0.25, -0.2) is 4.98 Å². The van der Waals surface area contributed by atoms with Gasteiger partial charge in [0, 0.05) is 25.1 Å². The Labute approximate surface area is 98.7 Å². The molecule has 0 spiro atoms. The summed E-state index contributed by atoms with van der Waals surface area (Å²) in [4.78, 5) is 10.6. The van der Waals surface area contributed by atoms with Gasteiger partial charge in [-0.3, -0.25) is 10.1 Å². The molecule has 88 valence electrons. The molecule has 3 rings (SSSR count). The van der Waals surface area contributed by atoms with Gasteiger partial charge in [0.05, 0.1) is 31.1 Å². The molecule has 6 nitrogen and oxygen atoms in total. The number of aromatic nitrogens is 4. The minimum atomic E-state index is 0.128. The average Bonchev–Trinajstić information content (AvgIpc) is 2.94. The summed E-state index contributed by atoms with van der Waals surface area (Å²) in [6.45, 7) is 2.16. The molecule has 0 radical (unpaired) electrons. The quantitative estimate of drug-likeness (QED) is 0.827. The Morgan fingerprint density at radius 1 is 1.35 bits per heavy atom. The molecule has 1 fully saturated rings. The molecule has 17 heavy (non-hydrogen) atoms. The van der Waals surface area contributed by atoms with Crippen LogP contribution in [0.1, 0.15) is 11.7 Å². The number of hydrogen-bond acceptors (Lipinski definition) is 5. The van der Waals surface area contributed by atoms with Crippen LogP contribution in [0.4, 0.5) is 5.82 Å². The van der Waals surface area contributed by atoms with Gasteiger partial charge in [0.25, 0.3) is 0 Å². The Hall–Kier alpha value is -1.95. The van der Waals surface area contributed by atoms with Crippen molar-refractivity contribution >= 4 is 5.82 Å². The van der Waals surface area contributed by atoms with E-state index in [4.69, 9.17) is 4.74 Å². The lowest BCUT2D eigenvalue weighted by Gasteiger charge is -2.35. The lowest BCUT2D eigenvalue weighted by atomic mass is 10.1. The molecule has 1 N–H and O–H groups in total. The molecule has 1 aliphatic heterocycles. The maximum atomic E-state index is 5.52. The van der Waals surface area contributed by atoms with Crippen LogP contribution in [-0.4, -0.2) is 39.9 Å². The Bertz CT molecular complexity index is 458. The highest BCUT2D eigenvalue weighted by molar-refractivity contribution is 5.39. The molecule has 0 aliphatic carbocycles. The second kappa shape index (κ2) is 4.50. The van der Waals surface area contributed by atoms with Crippen LogP contribution >= 0.6 is 0 Å². The Kier molecular flexibility index (Phi) is 2.71. The van der Waals surface area contributed by atoms with Crippen LogP contribution in [-0.2, 0) is 4.74 Å². The fourth-order valence-electron chi connectivity index (χ4n) is 2.03. The highest BCUT2D eigenvalue weighted by Crippen LogP contribution is 2.26. The van der Waals surface area contributed by atoms with Crippen LogP contribution in [0, 0.1) is 0 Å². The smallest absolute Gasteiger partial charge is 0.147 e. The predicted octanol–water partition coefficient (Wildman–Crippen LogP) is 0.778. The van der Waals surface area contributed by atoms with Gasteiger partial charge in [-0.15, -0.1) is 0 Å². The number of ether oxygens (including phenoxy) is 1. The van der Waals surface area contributed by atoms with E-state index in [1.807, 2.05) is 6.07 Å². The zero-order valence-corrected chi connectivity index (χ0v) is 9.28. The van der Waals surface area contributed by atoms with Crippen LogP contribution in [0.2, 0.25) is 0 Å². The summed E-state index contributed by atoms with van der Waals surface area (Å²) in [6.07, 6.45) is 6.90. The van der Waals surface area contributed by atoms with E-state index in [1.165, 1.54) is 0 Å². The number of nitrogens with zero attached hydrogens (tertiary/aromatic N) is 4. The van der Waals surface area contributed by atoms with Crippen molar-refractivity contribution in [3.63, 3.8) is 0 Å². The number of rotatable bonds is 2. The highest BCUT2D eigenvalue weighted by Gasteiger charge is 2.26. The standard InChI is InChI=1S/C11H13N5O/c1-2-14-15-9(1)10-8-17-6-5-16(10)11-7-12-3-4-13-11/h1-4,7,10H,5-6,8H2,(H,14,15)/t10-/m1/s1. The van der Waals surface area contributed by atoms with Crippen molar-refractivity contribution in [1.82, 2.24) is 20.2 Å². The van der Waals surface area contributed by atoms with E-state index < -0.39 is 0 Å². The second-order valence-electron chi connectivity index (χ2n) is 3.86. The first-order valence-electron chi connectivity index (χ1n) is 5.55. The topological polar surface area (TPSA) is 66.9 Å². The van der Waals surface area contributed by atoms with Crippen molar-refractivity contribution in [3.05, 3.63) is 36.5 Å². The van der Waals surface area contributed by atoms with Gasteiger partial charge in [0.1, 0.15) is 5.82 Å². The Morgan fingerprint density at radius 3 is 3.12 bits per heavy atom. The molecule has 0 amide bonds. The molecular weight excluding hydrogens is 218 g/mol. The second-order valence-corrected chi connectivity index (χ2v) is 3.86. The molecular formula is C11H13N5O. The first-order valence-corrected chi connectivity index (χ1v) is 5.55. The normalized spacial score (nSPS) is 20.5.